The van der Waals surface area contributed by atoms with Crippen LogP contribution in [0, 0.1) is 0 Å². The highest BCUT2D eigenvalue weighted by Crippen LogP contribution is 2.32. The van der Waals surface area contributed by atoms with E-state index in [4.69, 9.17) is 11.6 Å². The molecule has 0 unspecified atom stereocenters. The lowest BCUT2D eigenvalue weighted by Gasteiger charge is -2.14. The summed E-state index contributed by atoms with van der Waals surface area (Å²) in [4.78, 5) is 25.3. The lowest BCUT2D eigenvalue weighted by atomic mass is 10.1. The van der Waals surface area contributed by atoms with Gasteiger partial charge in [0.25, 0.3) is 11.7 Å². The number of aryl methyl sites for hydroxylation is 1. The highest BCUT2D eigenvalue weighted by Gasteiger charge is 2.36. The molecule has 0 radical (unpaired) electrons. The first-order chi connectivity index (χ1) is 9.06. The van der Waals surface area contributed by atoms with Crippen molar-refractivity contribution in [1.29, 1.82) is 0 Å². The lowest BCUT2D eigenvalue weighted by molar-refractivity contribution is -0.114. The summed E-state index contributed by atoms with van der Waals surface area (Å²) in [5.74, 6) is -1.06. The number of hydrogen-bond acceptors (Lipinski definition) is 3. The van der Waals surface area contributed by atoms with E-state index < -0.39 is 11.7 Å². The standard InChI is InChI=1S/C13H10ClN3O2/c1-16-5-4-9(15-16)7-17-11-3-2-8(14)6-10(11)12(18)13(17)19/h2-6H,7H2,1H3. The zero-order chi connectivity index (χ0) is 13.6. The Balaban J connectivity index is 1.99. The van der Waals surface area contributed by atoms with Crippen molar-refractivity contribution in [2.75, 3.05) is 4.90 Å². The van der Waals surface area contributed by atoms with Crippen LogP contribution in [-0.4, -0.2) is 21.5 Å². The SMILES string of the molecule is Cn1ccc(CN2C(=O)C(=O)c3cc(Cl)ccc32)n1. The molecule has 1 aliphatic heterocycles. The summed E-state index contributed by atoms with van der Waals surface area (Å²) in [5, 5.41) is 4.65. The van der Waals surface area contributed by atoms with Gasteiger partial charge in [-0.15, -0.1) is 0 Å². The molecule has 0 aliphatic carbocycles. The molecule has 0 bridgehead atoms. The Labute approximate surface area is 114 Å². The highest BCUT2D eigenvalue weighted by molar-refractivity contribution is 6.52. The Morgan fingerprint density at radius 3 is 2.74 bits per heavy atom. The first kappa shape index (κ1) is 11.9. The summed E-state index contributed by atoms with van der Waals surface area (Å²) in [6, 6.07) is 6.68. The average Bonchev–Trinajstić information content (AvgIpc) is 2.88. The second-order valence-electron chi connectivity index (χ2n) is 4.36. The number of benzene rings is 1. The number of Topliss-reactive ketones (excluding diaryl/α,β-unsaturated/α-hetero) is 1. The molecule has 2 aromatic rings. The summed E-state index contributed by atoms with van der Waals surface area (Å²) >= 11 is 5.85. The van der Waals surface area contributed by atoms with Crippen LogP contribution in [-0.2, 0) is 18.4 Å². The minimum Gasteiger partial charge on any atom is -0.299 e. The average molecular weight is 276 g/mol. The van der Waals surface area contributed by atoms with E-state index >= 15 is 0 Å². The number of carbonyl (C=O) groups excluding carboxylic acids is 2. The van der Waals surface area contributed by atoms with Crippen molar-refractivity contribution >= 4 is 29.0 Å². The van der Waals surface area contributed by atoms with Gasteiger partial charge in [0.15, 0.2) is 0 Å². The van der Waals surface area contributed by atoms with Crippen molar-refractivity contribution in [3.05, 3.63) is 46.7 Å². The quantitative estimate of drug-likeness (QED) is 0.786. The molecule has 0 fully saturated rings. The molecule has 1 aliphatic rings. The van der Waals surface area contributed by atoms with E-state index in [1.54, 1.807) is 30.1 Å². The van der Waals surface area contributed by atoms with E-state index in [9.17, 15) is 9.59 Å². The third-order valence-electron chi connectivity index (χ3n) is 3.02. The monoisotopic (exact) mass is 275 g/mol. The lowest BCUT2D eigenvalue weighted by Crippen LogP contribution is -2.29. The molecule has 6 heteroatoms. The maximum absolute atomic E-state index is 12.0. The van der Waals surface area contributed by atoms with E-state index in [0.717, 1.165) is 5.69 Å². The van der Waals surface area contributed by atoms with Gasteiger partial charge in [0.05, 0.1) is 23.5 Å². The molecule has 1 aromatic carbocycles. The van der Waals surface area contributed by atoms with Crippen LogP contribution in [0.4, 0.5) is 5.69 Å². The Morgan fingerprint density at radius 2 is 2.05 bits per heavy atom. The summed E-state index contributed by atoms with van der Waals surface area (Å²) in [6.07, 6.45) is 1.79. The molecular weight excluding hydrogens is 266 g/mol. The maximum Gasteiger partial charge on any atom is 0.299 e. The van der Waals surface area contributed by atoms with E-state index in [1.165, 1.54) is 11.0 Å². The summed E-state index contributed by atoms with van der Waals surface area (Å²) in [7, 11) is 1.80. The second-order valence-corrected chi connectivity index (χ2v) is 4.80. The second kappa shape index (κ2) is 4.20. The Hall–Kier alpha value is -2.14. The number of fused-ring (bicyclic) bond motifs is 1. The summed E-state index contributed by atoms with van der Waals surface area (Å²) in [6.45, 7) is 0.278. The van der Waals surface area contributed by atoms with Crippen LogP contribution >= 0.6 is 11.6 Å². The van der Waals surface area contributed by atoms with Gasteiger partial charge in [-0.25, -0.2) is 0 Å². The highest BCUT2D eigenvalue weighted by atomic mass is 35.5. The first-order valence-corrected chi connectivity index (χ1v) is 6.08. The van der Waals surface area contributed by atoms with E-state index in [1.807, 2.05) is 6.07 Å². The fourth-order valence-corrected chi connectivity index (χ4v) is 2.31. The topological polar surface area (TPSA) is 55.2 Å². The third-order valence-corrected chi connectivity index (χ3v) is 3.26. The van der Waals surface area contributed by atoms with E-state index in [0.29, 0.717) is 16.3 Å². The number of anilines is 1. The number of carbonyl (C=O) groups is 2. The Kier molecular flexibility index (Phi) is 2.64. The predicted molar refractivity (Wildman–Crippen MR) is 70.2 cm³/mol. The number of nitrogens with zero attached hydrogens (tertiary/aromatic N) is 3. The molecule has 3 rings (SSSR count). The van der Waals surface area contributed by atoms with Crippen LogP contribution in [0.5, 0.6) is 0 Å². The Morgan fingerprint density at radius 1 is 1.26 bits per heavy atom. The minimum absolute atomic E-state index is 0.278. The molecule has 0 saturated carbocycles. The number of amides is 1. The van der Waals surface area contributed by atoms with Gasteiger partial charge in [-0.1, -0.05) is 11.6 Å². The van der Waals surface area contributed by atoms with Crippen molar-refractivity contribution in [2.45, 2.75) is 6.54 Å². The zero-order valence-electron chi connectivity index (χ0n) is 10.1. The zero-order valence-corrected chi connectivity index (χ0v) is 10.9. The van der Waals surface area contributed by atoms with Gasteiger partial charge in [0.2, 0.25) is 0 Å². The van der Waals surface area contributed by atoms with Crippen LogP contribution in [0.15, 0.2) is 30.5 Å². The number of rotatable bonds is 2. The van der Waals surface area contributed by atoms with Gasteiger partial charge in [0.1, 0.15) is 0 Å². The van der Waals surface area contributed by atoms with Crippen molar-refractivity contribution in [3.8, 4) is 0 Å². The molecule has 5 nitrogen and oxygen atoms in total. The van der Waals surface area contributed by atoms with Crippen molar-refractivity contribution < 1.29 is 9.59 Å². The molecule has 0 spiro atoms. The molecule has 0 N–H and O–H groups in total. The predicted octanol–water partition coefficient (Wildman–Crippen LogP) is 1.80. The number of ketones is 1. The van der Waals surface area contributed by atoms with Crippen LogP contribution in [0.3, 0.4) is 0 Å². The molecule has 2 heterocycles. The number of aromatic nitrogens is 2. The smallest absolute Gasteiger partial charge is 0.299 e. The largest absolute Gasteiger partial charge is 0.299 e. The molecule has 1 amide bonds. The molecular formula is C13H10ClN3O2. The first-order valence-electron chi connectivity index (χ1n) is 5.70. The van der Waals surface area contributed by atoms with Gasteiger partial charge >= 0.3 is 0 Å². The Bertz CT molecular complexity index is 693. The van der Waals surface area contributed by atoms with E-state index in [-0.39, 0.29) is 6.54 Å². The van der Waals surface area contributed by atoms with Crippen LogP contribution in [0.2, 0.25) is 5.02 Å². The summed E-state index contributed by atoms with van der Waals surface area (Å²) < 4.78 is 1.65. The van der Waals surface area contributed by atoms with Crippen LogP contribution < -0.4 is 4.90 Å². The fourth-order valence-electron chi connectivity index (χ4n) is 2.14. The van der Waals surface area contributed by atoms with Crippen molar-refractivity contribution in [1.82, 2.24) is 9.78 Å². The molecule has 0 atom stereocenters. The van der Waals surface area contributed by atoms with Crippen LogP contribution in [0.25, 0.3) is 0 Å². The van der Waals surface area contributed by atoms with E-state index in [2.05, 4.69) is 5.10 Å². The van der Waals surface area contributed by atoms with Crippen molar-refractivity contribution in [3.63, 3.8) is 0 Å². The normalized spacial score (nSPS) is 14.1. The number of hydrogen-bond donors (Lipinski definition) is 0. The molecule has 96 valence electrons. The van der Waals surface area contributed by atoms with Gasteiger partial charge in [-0.2, -0.15) is 5.10 Å². The van der Waals surface area contributed by atoms with Gasteiger partial charge in [0, 0.05) is 18.3 Å². The third kappa shape index (κ3) is 1.92. The molecule has 1 aromatic heterocycles. The fraction of sp³-hybridized carbons (Fsp3) is 0.154. The summed E-state index contributed by atoms with van der Waals surface area (Å²) in [5.41, 5.74) is 1.67. The van der Waals surface area contributed by atoms with Gasteiger partial charge in [-0.05, 0) is 24.3 Å². The van der Waals surface area contributed by atoms with Crippen LogP contribution in [0.1, 0.15) is 16.1 Å². The molecule has 0 saturated heterocycles. The molecule has 19 heavy (non-hydrogen) atoms. The minimum atomic E-state index is -0.539. The van der Waals surface area contributed by atoms with Gasteiger partial charge in [-0.3, -0.25) is 19.2 Å². The van der Waals surface area contributed by atoms with Crippen molar-refractivity contribution in [2.24, 2.45) is 7.05 Å². The van der Waals surface area contributed by atoms with Gasteiger partial charge < -0.3 is 0 Å². The number of halogens is 1. The maximum atomic E-state index is 12.0.